The minimum absolute atomic E-state index is 0.157. The number of carbonyl (C=O) groups is 2. The molecule has 3 amide bonds. The van der Waals surface area contributed by atoms with Gasteiger partial charge in [-0.3, -0.25) is 9.69 Å². The van der Waals surface area contributed by atoms with Gasteiger partial charge in [0.1, 0.15) is 0 Å². The van der Waals surface area contributed by atoms with Gasteiger partial charge in [-0.05, 0) is 30.3 Å². The average molecular weight is 368 g/mol. The van der Waals surface area contributed by atoms with Gasteiger partial charge < -0.3 is 20.7 Å². The molecule has 2 aromatic rings. The Morgan fingerprint density at radius 1 is 0.926 bits per heavy atom. The lowest BCUT2D eigenvalue weighted by molar-refractivity contribution is 0.0383. The maximum absolute atomic E-state index is 12.3. The molecule has 7 nitrogen and oxygen atoms in total. The van der Waals surface area contributed by atoms with Crippen LogP contribution in [0.4, 0.5) is 16.2 Å². The van der Waals surface area contributed by atoms with Crippen molar-refractivity contribution in [2.75, 3.05) is 50.0 Å². The number of amides is 3. The summed E-state index contributed by atoms with van der Waals surface area (Å²) in [7, 11) is 0. The summed E-state index contributed by atoms with van der Waals surface area (Å²) in [5.74, 6) is -0.157. The largest absolute Gasteiger partial charge is 0.379 e. The van der Waals surface area contributed by atoms with Gasteiger partial charge in [-0.2, -0.15) is 0 Å². The van der Waals surface area contributed by atoms with Gasteiger partial charge in [0.05, 0.1) is 13.2 Å². The second kappa shape index (κ2) is 9.70. The van der Waals surface area contributed by atoms with Crippen LogP contribution >= 0.6 is 0 Å². The predicted octanol–water partition coefficient (Wildman–Crippen LogP) is 2.39. The van der Waals surface area contributed by atoms with Crippen LogP contribution in [-0.4, -0.2) is 56.2 Å². The Bertz CT molecular complexity index is 761. The first-order valence-electron chi connectivity index (χ1n) is 9.02. The molecule has 0 aliphatic carbocycles. The minimum atomic E-state index is -0.355. The zero-order valence-electron chi connectivity index (χ0n) is 15.1. The highest BCUT2D eigenvalue weighted by atomic mass is 16.5. The number of hydrogen-bond acceptors (Lipinski definition) is 4. The average Bonchev–Trinajstić information content (AvgIpc) is 2.69. The van der Waals surface area contributed by atoms with E-state index in [-0.39, 0.29) is 11.9 Å². The van der Waals surface area contributed by atoms with Crippen LogP contribution in [0.15, 0.2) is 54.6 Å². The fourth-order valence-corrected chi connectivity index (χ4v) is 2.81. The first-order valence-corrected chi connectivity index (χ1v) is 9.02. The molecule has 1 heterocycles. The van der Waals surface area contributed by atoms with Gasteiger partial charge in [-0.25, -0.2) is 4.79 Å². The van der Waals surface area contributed by atoms with E-state index >= 15 is 0 Å². The Balaban J connectivity index is 1.48. The second-order valence-electron chi connectivity index (χ2n) is 6.24. The number of anilines is 2. The minimum Gasteiger partial charge on any atom is -0.379 e. The molecule has 0 unspecified atom stereocenters. The zero-order chi connectivity index (χ0) is 18.9. The van der Waals surface area contributed by atoms with E-state index in [0.717, 1.165) is 32.8 Å². The topological polar surface area (TPSA) is 82.7 Å². The molecular formula is C20H24N4O3. The van der Waals surface area contributed by atoms with Crippen molar-refractivity contribution in [1.29, 1.82) is 0 Å². The number of nitrogens with zero attached hydrogens (tertiary/aromatic N) is 1. The third kappa shape index (κ3) is 6.09. The number of rotatable bonds is 6. The van der Waals surface area contributed by atoms with E-state index in [9.17, 15) is 9.59 Å². The fraction of sp³-hybridized carbons (Fsp3) is 0.300. The van der Waals surface area contributed by atoms with Crippen molar-refractivity contribution >= 4 is 23.3 Å². The van der Waals surface area contributed by atoms with E-state index in [2.05, 4.69) is 20.9 Å². The first kappa shape index (κ1) is 18.9. The lowest BCUT2D eigenvalue weighted by atomic mass is 10.2. The Morgan fingerprint density at radius 2 is 1.63 bits per heavy atom. The summed E-state index contributed by atoms with van der Waals surface area (Å²) < 4.78 is 5.31. The van der Waals surface area contributed by atoms with Crippen LogP contribution in [0.2, 0.25) is 0 Å². The van der Waals surface area contributed by atoms with Gasteiger partial charge in [-0.1, -0.05) is 24.3 Å². The highest BCUT2D eigenvalue weighted by Crippen LogP contribution is 2.12. The van der Waals surface area contributed by atoms with Crippen LogP contribution in [0.25, 0.3) is 0 Å². The van der Waals surface area contributed by atoms with Crippen LogP contribution < -0.4 is 16.0 Å². The third-order valence-corrected chi connectivity index (χ3v) is 4.23. The van der Waals surface area contributed by atoms with Crippen molar-refractivity contribution in [1.82, 2.24) is 10.2 Å². The molecule has 7 heteroatoms. The molecule has 1 aliphatic rings. The molecule has 2 aromatic carbocycles. The number of para-hydroxylation sites is 1. The molecule has 3 rings (SSSR count). The number of hydrogen-bond donors (Lipinski definition) is 3. The summed E-state index contributed by atoms with van der Waals surface area (Å²) in [6.07, 6.45) is 0. The summed E-state index contributed by atoms with van der Waals surface area (Å²) in [5.41, 5.74) is 1.77. The number of nitrogens with one attached hydrogen (secondary N) is 3. The number of morpholine rings is 1. The van der Waals surface area contributed by atoms with Crippen LogP contribution in [0.3, 0.4) is 0 Å². The van der Waals surface area contributed by atoms with Crippen LogP contribution in [0.5, 0.6) is 0 Å². The smallest absolute Gasteiger partial charge is 0.323 e. The molecule has 3 N–H and O–H groups in total. The normalized spacial score (nSPS) is 14.4. The molecule has 142 valence electrons. The van der Waals surface area contributed by atoms with E-state index in [1.54, 1.807) is 36.4 Å². The molecule has 0 atom stereocenters. The van der Waals surface area contributed by atoms with Crippen LogP contribution in [0.1, 0.15) is 10.4 Å². The number of carbonyl (C=O) groups excluding carboxylic acids is 2. The second-order valence-corrected chi connectivity index (χ2v) is 6.24. The zero-order valence-corrected chi connectivity index (χ0v) is 15.1. The standard InChI is InChI=1S/C20H24N4O3/c25-19(21-9-10-24-11-13-27-14-12-24)16-5-4-8-18(15-16)23-20(26)22-17-6-2-1-3-7-17/h1-8,15H,9-14H2,(H,21,25)(H2,22,23,26). The van der Waals surface area contributed by atoms with E-state index in [4.69, 9.17) is 4.74 Å². The van der Waals surface area contributed by atoms with E-state index in [1.807, 2.05) is 18.2 Å². The molecule has 1 aliphatic heterocycles. The van der Waals surface area contributed by atoms with Crippen molar-refractivity contribution in [2.45, 2.75) is 0 Å². The molecule has 1 saturated heterocycles. The lowest BCUT2D eigenvalue weighted by Gasteiger charge is -2.26. The Hall–Kier alpha value is -2.90. The molecule has 0 saturated carbocycles. The van der Waals surface area contributed by atoms with Gasteiger partial charge in [0, 0.05) is 43.1 Å². The number of ether oxygens (including phenoxy) is 1. The van der Waals surface area contributed by atoms with E-state index < -0.39 is 0 Å². The van der Waals surface area contributed by atoms with Crippen molar-refractivity contribution in [3.63, 3.8) is 0 Å². The van der Waals surface area contributed by atoms with E-state index in [1.165, 1.54) is 0 Å². The van der Waals surface area contributed by atoms with Gasteiger partial charge in [0.25, 0.3) is 5.91 Å². The Morgan fingerprint density at radius 3 is 2.41 bits per heavy atom. The van der Waals surface area contributed by atoms with Crippen molar-refractivity contribution < 1.29 is 14.3 Å². The molecular weight excluding hydrogens is 344 g/mol. The Kier molecular flexibility index (Phi) is 6.78. The molecule has 0 aromatic heterocycles. The molecule has 1 fully saturated rings. The maximum atomic E-state index is 12.3. The summed E-state index contributed by atoms with van der Waals surface area (Å²) >= 11 is 0. The van der Waals surface area contributed by atoms with Crippen molar-refractivity contribution in [2.24, 2.45) is 0 Å². The third-order valence-electron chi connectivity index (χ3n) is 4.23. The predicted molar refractivity (Wildman–Crippen MR) is 105 cm³/mol. The van der Waals surface area contributed by atoms with Crippen LogP contribution in [-0.2, 0) is 4.74 Å². The first-order chi connectivity index (χ1) is 13.2. The lowest BCUT2D eigenvalue weighted by Crippen LogP contribution is -2.41. The summed E-state index contributed by atoms with van der Waals surface area (Å²) in [5, 5.41) is 8.40. The van der Waals surface area contributed by atoms with Gasteiger partial charge in [-0.15, -0.1) is 0 Å². The monoisotopic (exact) mass is 368 g/mol. The summed E-state index contributed by atoms with van der Waals surface area (Å²) in [6.45, 7) is 4.65. The molecule has 27 heavy (non-hydrogen) atoms. The van der Waals surface area contributed by atoms with Crippen molar-refractivity contribution in [3.8, 4) is 0 Å². The molecule has 0 spiro atoms. The van der Waals surface area contributed by atoms with Gasteiger partial charge >= 0.3 is 6.03 Å². The highest BCUT2D eigenvalue weighted by molar-refractivity contribution is 6.01. The van der Waals surface area contributed by atoms with Crippen molar-refractivity contribution in [3.05, 3.63) is 60.2 Å². The maximum Gasteiger partial charge on any atom is 0.323 e. The molecule has 0 bridgehead atoms. The molecule has 0 radical (unpaired) electrons. The number of urea groups is 1. The quantitative estimate of drug-likeness (QED) is 0.731. The number of benzene rings is 2. The fourth-order valence-electron chi connectivity index (χ4n) is 2.81. The van der Waals surface area contributed by atoms with Gasteiger partial charge in [0.2, 0.25) is 0 Å². The summed E-state index contributed by atoms with van der Waals surface area (Å²) in [6, 6.07) is 15.7. The van der Waals surface area contributed by atoms with Crippen LogP contribution in [0, 0.1) is 0 Å². The van der Waals surface area contributed by atoms with Gasteiger partial charge in [0.15, 0.2) is 0 Å². The Labute approximate surface area is 158 Å². The van der Waals surface area contributed by atoms with E-state index in [0.29, 0.717) is 23.5 Å². The highest BCUT2D eigenvalue weighted by Gasteiger charge is 2.11. The summed E-state index contributed by atoms with van der Waals surface area (Å²) in [4.78, 5) is 26.7. The SMILES string of the molecule is O=C(Nc1ccccc1)Nc1cccc(C(=O)NCCN2CCOCC2)c1.